The van der Waals surface area contributed by atoms with Gasteiger partial charge in [-0.05, 0) is 46.1 Å². The smallest absolute Gasteiger partial charge is 0.407 e. The Morgan fingerprint density at radius 2 is 1.72 bits per heavy atom. The maximum atomic E-state index is 12.5. The number of rotatable bonds is 8. The van der Waals surface area contributed by atoms with Crippen molar-refractivity contribution in [3.05, 3.63) is 59.7 Å². The van der Waals surface area contributed by atoms with Gasteiger partial charge in [-0.2, -0.15) is 11.8 Å². The summed E-state index contributed by atoms with van der Waals surface area (Å²) in [6, 6.07) is 14.8. The van der Waals surface area contributed by atoms with Crippen LogP contribution in [0.5, 0.6) is 0 Å². The second kappa shape index (κ2) is 10.1. The van der Waals surface area contributed by atoms with Crippen molar-refractivity contribution >= 4 is 29.7 Å². The molecule has 4 rings (SSSR count). The van der Waals surface area contributed by atoms with Crippen LogP contribution in [0.1, 0.15) is 29.9 Å². The summed E-state index contributed by atoms with van der Waals surface area (Å²) in [5, 5.41) is 14.4. The molecule has 2 aromatic rings. The molecule has 0 radical (unpaired) electrons. The second-order valence-electron chi connectivity index (χ2n) is 8.10. The summed E-state index contributed by atoms with van der Waals surface area (Å²) >= 11 is 1.84. The molecule has 1 saturated heterocycles. The van der Waals surface area contributed by atoms with Gasteiger partial charge in [-0.15, -0.1) is 0 Å². The van der Waals surface area contributed by atoms with Crippen LogP contribution < -0.4 is 10.6 Å². The van der Waals surface area contributed by atoms with Gasteiger partial charge in [-0.3, -0.25) is 9.59 Å². The van der Waals surface area contributed by atoms with Gasteiger partial charge in [-0.1, -0.05) is 48.5 Å². The zero-order valence-corrected chi connectivity index (χ0v) is 18.4. The van der Waals surface area contributed by atoms with E-state index in [0.29, 0.717) is 12.5 Å². The Balaban J connectivity index is 1.37. The number of alkyl carbamates (subject to hydrolysis) is 1. The molecule has 7 nitrogen and oxygen atoms in total. The summed E-state index contributed by atoms with van der Waals surface area (Å²) in [4.78, 5) is 36.2. The molecule has 1 heterocycles. The number of benzene rings is 2. The van der Waals surface area contributed by atoms with E-state index < -0.39 is 30.4 Å². The maximum absolute atomic E-state index is 12.5. The van der Waals surface area contributed by atoms with Crippen LogP contribution in [-0.2, 0) is 14.3 Å². The van der Waals surface area contributed by atoms with E-state index in [1.165, 1.54) is 0 Å². The van der Waals surface area contributed by atoms with Gasteiger partial charge in [0.05, 0.1) is 6.42 Å². The monoisotopic (exact) mass is 454 g/mol. The lowest BCUT2D eigenvalue weighted by atomic mass is 9.98. The van der Waals surface area contributed by atoms with E-state index in [0.717, 1.165) is 40.2 Å². The average Bonchev–Trinajstić information content (AvgIpc) is 3.41. The van der Waals surface area contributed by atoms with Gasteiger partial charge in [0.1, 0.15) is 12.6 Å². The van der Waals surface area contributed by atoms with Gasteiger partial charge in [0.15, 0.2) is 0 Å². The Hall–Kier alpha value is -3.00. The first-order chi connectivity index (χ1) is 15.5. The molecular formula is C24H26N2O5S. The van der Waals surface area contributed by atoms with Crippen LogP contribution in [0.3, 0.4) is 0 Å². The minimum Gasteiger partial charge on any atom is -0.481 e. The van der Waals surface area contributed by atoms with Crippen LogP contribution >= 0.6 is 11.8 Å². The summed E-state index contributed by atoms with van der Waals surface area (Å²) in [5.74, 6) is 0.641. The zero-order chi connectivity index (χ0) is 22.5. The topological polar surface area (TPSA) is 105 Å². The summed E-state index contributed by atoms with van der Waals surface area (Å²) < 4.78 is 5.45. The van der Waals surface area contributed by atoms with E-state index in [1.54, 1.807) is 0 Å². The SMILES string of the molecule is O=C(O)CC(NC(=O)OCC1c2ccccc2-c2ccccc21)C(=O)NCC1CCSC1. The number of aliphatic carboxylic acids is 1. The summed E-state index contributed by atoms with van der Waals surface area (Å²) in [7, 11) is 0. The molecule has 0 aromatic heterocycles. The van der Waals surface area contributed by atoms with Gasteiger partial charge in [-0.25, -0.2) is 4.79 Å². The number of carbonyl (C=O) groups excluding carboxylic acids is 2. The van der Waals surface area contributed by atoms with Gasteiger partial charge in [0, 0.05) is 12.5 Å². The molecule has 0 spiro atoms. The van der Waals surface area contributed by atoms with Crippen LogP contribution in [0.2, 0.25) is 0 Å². The number of amides is 2. The van der Waals surface area contributed by atoms with Gasteiger partial charge in [0.25, 0.3) is 0 Å². The minimum atomic E-state index is -1.18. The molecule has 8 heteroatoms. The summed E-state index contributed by atoms with van der Waals surface area (Å²) in [6.07, 6.45) is -0.284. The predicted octanol–water partition coefficient (Wildman–Crippen LogP) is 3.24. The van der Waals surface area contributed by atoms with Crippen molar-refractivity contribution in [2.45, 2.75) is 24.8 Å². The van der Waals surface area contributed by atoms with Crippen LogP contribution in [0.15, 0.2) is 48.5 Å². The molecule has 0 saturated carbocycles. The number of hydrogen-bond acceptors (Lipinski definition) is 5. The van der Waals surface area contributed by atoms with E-state index >= 15 is 0 Å². The predicted molar refractivity (Wildman–Crippen MR) is 123 cm³/mol. The lowest BCUT2D eigenvalue weighted by Crippen LogP contribution is -2.49. The fraction of sp³-hybridized carbons (Fsp3) is 0.375. The minimum absolute atomic E-state index is 0.0978. The third kappa shape index (κ3) is 5.07. The number of nitrogens with one attached hydrogen (secondary N) is 2. The third-order valence-electron chi connectivity index (χ3n) is 5.92. The Labute approximate surface area is 190 Å². The van der Waals surface area contributed by atoms with Crippen LogP contribution in [0.4, 0.5) is 4.79 Å². The molecule has 1 fully saturated rings. The lowest BCUT2D eigenvalue weighted by molar-refractivity contribution is -0.139. The lowest BCUT2D eigenvalue weighted by Gasteiger charge is -2.19. The normalized spacial score (nSPS) is 17.8. The first-order valence-electron chi connectivity index (χ1n) is 10.7. The maximum Gasteiger partial charge on any atom is 0.407 e. The summed E-state index contributed by atoms with van der Waals surface area (Å²) in [5.41, 5.74) is 4.39. The number of hydrogen-bond donors (Lipinski definition) is 3. The molecule has 1 aliphatic carbocycles. The molecule has 168 valence electrons. The molecule has 2 amide bonds. The van der Waals surface area contributed by atoms with Crippen molar-refractivity contribution in [2.75, 3.05) is 24.7 Å². The highest BCUT2D eigenvalue weighted by Gasteiger charge is 2.30. The molecule has 2 unspecified atom stereocenters. The van der Waals surface area contributed by atoms with Crippen molar-refractivity contribution in [1.29, 1.82) is 0 Å². The Morgan fingerprint density at radius 3 is 2.31 bits per heavy atom. The fourth-order valence-electron chi connectivity index (χ4n) is 4.28. The molecule has 3 N–H and O–H groups in total. The zero-order valence-electron chi connectivity index (χ0n) is 17.6. The Morgan fingerprint density at radius 1 is 1.06 bits per heavy atom. The van der Waals surface area contributed by atoms with Gasteiger partial charge in [0.2, 0.25) is 5.91 Å². The van der Waals surface area contributed by atoms with Gasteiger partial charge < -0.3 is 20.5 Å². The molecule has 2 aromatic carbocycles. The van der Waals surface area contributed by atoms with E-state index in [4.69, 9.17) is 4.74 Å². The number of thioether (sulfide) groups is 1. The van der Waals surface area contributed by atoms with Crippen molar-refractivity contribution in [2.24, 2.45) is 5.92 Å². The third-order valence-corrected chi connectivity index (χ3v) is 7.15. The van der Waals surface area contributed by atoms with Crippen LogP contribution in [0.25, 0.3) is 11.1 Å². The number of carboxylic acid groups (broad SMARTS) is 1. The number of carboxylic acids is 1. The molecule has 2 atom stereocenters. The standard InChI is InChI=1S/C24H26N2O5S/c27-22(28)11-21(23(29)25-12-15-9-10-32-14-15)26-24(30)31-13-20-18-7-3-1-5-16(18)17-6-2-4-8-19(17)20/h1-8,15,20-21H,9-14H2,(H,25,29)(H,26,30)(H,27,28). The number of carbonyl (C=O) groups is 3. The van der Waals surface area contributed by atoms with Gasteiger partial charge >= 0.3 is 12.1 Å². The molecule has 0 bridgehead atoms. The first-order valence-corrected chi connectivity index (χ1v) is 11.9. The second-order valence-corrected chi connectivity index (χ2v) is 9.24. The molecule has 2 aliphatic rings. The van der Waals surface area contributed by atoms with E-state index in [9.17, 15) is 19.5 Å². The average molecular weight is 455 g/mol. The van der Waals surface area contributed by atoms with Crippen molar-refractivity contribution in [3.63, 3.8) is 0 Å². The number of fused-ring (bicyclic) bond motifs is 3. The highest BCUT2D eigenvalue weighted by molar-refractivity contribution is 7.99. The summed E-state index contributed by atoms with van der Waals surface area (Å²) in [6.45, 7) is 0.578. The van der Waals surface area contributed by atoms with Crippen molar-refractivity contribution in [1.82, 2.24) is 10.6 Å². The van der Waals surface area contributed by atoms with E-state index in [-0.39, 0.29) is 12.5 Å². The fourth-order valence-corrected chi connectivity index (χ4v) is 5.56. The largest absolute Gasteiger partial charge is 0.481 e. The quantitative estimate of drug-likeness (QED) is 0.566. The van der Waals surface area contributed by atoms with Crippen molar-refractivity contribution < 1.29 is 24.2 Å². The van der Waals surface area contributed by atoms with E-state index in [2.05, 4.69) is 10.6 Å². The Bertz CT molecular complexity index is 960. The molecule has 1 aliphatic heterocycles. The first kappa shape index (κ1) is 22.2. The van der Waals surface area contributed by atoms with Crippen molar-refractivity contribution in [3.8, 4) is 11.1 Å². The number of ether oxygens (including phenoxy) is 1. The molecular weight excluding hydrogens is 428 g/mol. The van der Waals surface area contributed by atoms with Crippen LogP contribution in [0, 0.1) is 5.92 Å². The van der Waals surface area contributed by atoms with Crippen LogP contribution in [-0.4, -0.2) is 53.8 Å². The Kier molecular flexibility index (Phi) is 6.99. The highest BCUT2D eigenvalue weighted by Crippen LogP contribution is 2.44. The van der Waals surface area contributed by atoms with E-state index in [1.807, 2.05) is 60.3 Å². The molecule has 32 heavy (non-hydrogen) atoms. The highest BCUT2D eigenvalue weighted by atomic mass is 32.2.